The van der Waals surface area contributed by atoms with Crippen LogP contribution < -0.4 is 21.1 Å². The summed E-state index contributed by atoms with van der Waals surface area (Å²) < 4.78 is 6.82. The quantitative estimate of drug-likeness (QED) is 0.0971. The molecule has 0 aliphatic heterocycles. The van der Waals surface area contributed by atoms with E-state index in [9.17, 15) is 9.59 Å². The molecule has 0 atom stereocenters. The molecule has 0 aromatic heterocycles. The number of nitrogens with one attached hydrogen (secondary N) is 2. The van der Waals surface area contributed by atoms with Gasteiger partial charge in [-0.3, -0.25) is 9.59 Å². The molecule has 0 spiro atoms. The number of anilines is 2. The third-order valence-electron chi connectivity index (χ3n) is 7.02. The van der Waals surface area contributed by atoms with Gasteiger partial charge < -0.3 is 25.6 Å². The van der Waals surface area contributed by atoms with Gasteiger partial charge >= 0.3 is 0 Å². The molecule has 1 aromatic carbocycles. The predicted molar refractivity (Wildman–Crippen MR) is 160 cm³/mol. The van der Waals surface area contributed by atoms with Crippen LogP contribution in [0.2, 0.25) is 0 Å². The number of nitrogen functional groups attached to an aromatic ring is 1. The largest absolute Gasteiger partial charge is 0.491 e. The third kappa shape index (κ3) is 14.6. The molecule has 0 bridgehead atoms. The van der Waals surface area contributed by atoms with Crippen molar-refractivity contribution in [1.29, 1.82) is 0 Å². The molecule has 7 heteroatoms. The molecule has 0 aliphatic carbocycles. The molecule has 218 valence electrons. The van der Waals surface area contributed by atoms with Crippen molar-refractivity contribution in [2.75, 3.05) is 50.4 Å². The molecular formula is C31H57N4O3+. The zero-order valence-electron chi connectivity index (χ0n) is 25.2. The Hall–Kier alpha value is -2.28. The molecule has 38 heavy (non-hydrogen) atoms. The topological polar surface area (TPSA) is 93.4 Å². The molecule has 1 aromatic rings. The van der Waals surface area contributed by atoms with Gasteiger partial charge in [-0.1, -0.05) is 41.5 Å². The first-order valence-electron chi connectivity index (χ1n) is 15.0. The van der Waals surface area contributed by atoms with Crippen molar-refractivity contribution in [3.05, 3.63) is 18.2 Å². The van der Waals surface area contributed by atoms with E-state index >= 15 is 0 Å². The zero-order valence-corrected chi connectivity index (χ0v) is 25.2. The van der Waals surface area contributed by atoms with Gasteiger partial charge in [-0.25, -0.2) is 0 Å². The molecule has 7 nitrogen and oxygen atoms in total. The van der Waals surface area contributed by atoms with Gasteiger partial charge in [-0.2, -0.15) is 0 Å². The van der Waals surface area contributed by atoms with E-state index in [1.807, 2.05) is 13.0 Å². The predicted octanol–water partition coefficient (Wildman–Crippen LogP) is 6.38. The van der Waals surface area contributed by atoms with Crippen LogP contribution in [0.4, 0.5) is 11.4 Å². The van der Waals surface area contributed by atoms with Crippen LogP contribution in [0.25, 0.3) is 0 Å². The molecule has 0 fully saturated rings. The number of carbonyl (C=O) groups excluding carboxylic acids is 2. The molecule has 0 aliphatic rings. The van der Waals surface area contributed by atoms with E-state index < -0.39 is 0 Å². The SMILES string of the molecule is CCCOc1ccc(N)cc1NC(=O)CCCCC[N+](CCNC(=O)CCC)(CCC(C)C)CCC(C)C. The second-order valence-electron chi connectivity index (χ2n) is 11.7. The van der Waals surface area contributed by atoms with Crippen LogP contribution in [0.5, 0.6) is 5.75 Å². The Labute approximate surface area is 232 Å². The van der Waals surface area contributed by atoms with E-state index in [1.165, 1.54) is 12.8 Å². The Kier molecular flexibility index (Phi) is 16.8. The summed E-state index contributed by atoms with van der Waals surface area (Å²) in [6.07, 6.45) is 8.17. The molecule has 4 N–H and O–H groups in total. The Morgan fingerprint density at radius 1 is 0.868 bits per heavy atom. The number of nitrogens with zero attached hydrogens (tertiary/aromatic N) is 1. The standard InChI is InChI=1S/C31H56N4O3/c1-7-12-30(36)33-18-22-35(20-16-25(3)4,21-17-26(5)6)19-11-9-10-13-31(37)34-28-24-27(32)14-15-29(28)38-23-8-2/h14-15,24-26H,7-13,16-23,32H2,1-6H3,(H-,33,34,36,37)/p+1. The second kappa shape index (κ2) is 18.9. The summed E-state index contributed by atoms with van der Waals surface area (Å²) >= 11 is 0. The summed E-state index contributed by atoms with van der Waals surface area (Å²) in [5.74, 6) is 2.13. The number of carbonyl (C=O) groups is 2. The molecule has 0 radical (unpaired) electrons. The van der Waals surface area contributed by atoms with Gasteiger partial charge in [0.15, 0.2) is 0 Å². The minimum absolute atomic E-state index is 0.00375. The summed E-state index contributed by atoms with van der Waals surface area (Å²) in [7, 11) is 0. The number of unbranched alkanes of at least 4 members (excludes halogenated alkanes) is 2. The van der Waals surface area contributed by atoms with Crippen LogP contribution in [0.1, 0.15) is 99.3 Å². The van der Waals surface area contributed by atoms with Crippen LogP contribution in [-0.4, -0.2) is 55.6 Å². The van der Waals surface area contributed by atoms with Gasteiger partial charge in [-0.15, -0.1) is 0 Å². The number of ether oxygens (including phenoxy) is 1. The maximum atomic E-state index is 12.7. The fourth-order valence-corrected chi connectivity index (χ4v) is 4.59. The Morgan fingerprint density at radius 3 is 2.16 bits per heavy atom. The number of benzene rings is 1. The molecule has 0 unspecified atom stereocenters. The fraction of sp³-hybridized carbons (Fsp3) is 0.742. The molecule has 0 saturated carbocycles. The van der Waals surface area contributed by atoms with E-state index in [1.54, 1.807) is 12.1 Å². The fourth-order valence-electron chi connectivity index (χ4n) is 4.59. The van der Waals surface area contributed by atoms with Crippen LogP contribution in [0.3, 0.4) is 0 Å². The third-order valence-corrected chi connectivity index (χ3v) is 7.02. The number of amides is 2. The van der Waals surface area contributed by atoms with Crippen molar-refractivity contribution in [3.63, 3.8) is 0 Å². The summed E-state index contributed by atoms with van der Waals surface area (Å²) in [5, 5.41) is 6.14. The molecule has 1 rings (SSSR count). The van der Waals surface area contributed by atoms with Crippen LogP contribution in [0, 0.1) is 11.8 Å². The van der Waals surface area contributed by atoms with Crippen LogP contribution in [0.15, 0.2) is 18.2 Å². The van der Waals surface area contributed by atoms with Crippen LogP contribution >= 0.6 is 0 Å². The Bertz CT molecular complexity index is 798. The van der Waals surface area contributed by atoms with Gasteiger partial charge in [0.1, 0.15) is 5.75 Å². The first-order chi connectivity index (χ1) is 18.1. The van der Waals surface area contributed by atoms with Crippen molar-refractivity contribution in [3.8, 4) is 5.75 Å². The first kappa shape index (κ1) is 33.7. The number of hydrogen-bond donors (Lipinski definition) is 3. The summed E-state index contributed by atoms with van der Waals surface area (Å²) in [6.45, 7) is 18.9. The molecule has 2 amide bonds. The highest BCUT2D eigenvalue weighted by atomic mass is 16.5. The van der Waals surface area contributed by atoms with Crippen molar-refractivity contribution < 1.29 is 18.8 Å². The van der Waals surface area contributed by atoms with Crippen LogP contribution in [-0.2, 0) is 9.59 Å². The lowest BCUT2D eigenvalue weighted by Gasteiger charge is -2.40. The maximum Gasteiger partial charge on any atom is 0.224 e. The van der Waals surface area contributed by atoms with Crippen molar-refractivity contribution in [1.82, 2.24) is 5.32 Å². The first-order valence-corrected chi connectivity index (χ1v) is 15.0. The van der Waals surface area contributed by atoms with E-state index in [-0.39, 0.29) is 11.8 Å². The van der Waals surface area contributed by atoms with Gasteiger partial charge in [0.2, 0.25) is 11.8 Å². The molecule has 0 saturated heterocycles. The number of nitrogens with two attached hydrogens (primary N) is 1. The second-order valence-corrected chi connectivity index (χ2v) is 11.7. The average molecular weight is 534 g/mol. The number of hydrogen-bond acceptors (Lipinski definition) is 4. The van der Waals surface area contributed by atoms with E-state index in [0.29, 0.717) is 48.4 Å². The lowest BCUT2D eigenvalue weighted by Crippen LogP contribution is -2.54. The van der Waals surface area contributed by atoms with E-state index in [0.717, 1.165) is 69.3 Å². The van der Waals surface area contributed by atoms with Crippen molar-refractivity contribution in [2.24, 2.45) is 11.8 Å². The van der Waals surface area contributed by atoms with E-state index in [2.05, 4.69) is 45.3 Å². The lowest BCUT2D eigenvalue weighted by atomic mass is 10.0. The van der Waals surface area contributed by atoms with Crippen molar-refractivity contribution in [2.45, 2.75) is 99.3 Å². The van der Waals surface area contributed by atoms with Gasteiger partial charge in [0.25, 0.3) is 0 Å². The maximum absolute atomic E-state index is 12.7. The normalized spacial score (nSPS) is 11.7. The highest BCUT2D eigenvalue weighted by Gasteiger charge is 2.27. The Balaban J connectivity index is 2.68. The highest BCUT2D eigenvalue weighted by molar-refractivity contribution is 5.92. The zero-order chi connectivity index (χ0) is 28.4. The number of quaternary nitrogens is 1. The minimum atomic E-state index is -0.00375. The van der Waals surface area contributed by atoms with Crippen molar-refractivity contribution >= 4 is 23.2 Å². The van der Waals surface area contributed by atoms with Gasteiger partial charge in [0.05, 0.1) is 45.0 Å². The summed E-state index contributed by atoms with van der Waals surface area (Å²) in [4.78, 5) is 24.7. The minimum Gasteiger partial charge on any atom is -0.491 e. The van der Waals surface area contributed by atoms with Gasteiger partial charge in [0, 0.05) is 18.5 Å². The summed E-state index contributed by atoms with van der Waals surface area (Å²) in [6, 6.07) is 5.37. The highest BCUT2D eigenvalue weighted by Crippen LogP contribution is 2.27. The summed E-state index contributed by atoms with van der Waals surface area (Å²) in [5.41, 5.74) is 7.18. The lowest BCUT2D eigenvalue weighted by molar-refractivity contribution is -0.928. The smallest absolute Gasteiger partial charge is 0.224 e. The number of rotatable bonds is 21. The molecule has 0 heterocycles. The molecular weight excluding hydrogens is 476 g/mol. The van der Waals surface area contributed by atoms with Gasteiger partial charge in [-0.05, 0) is 75.0 Å². The average Bonchev–Trinajstić information content (AvgIpc) is 2.85. The van der Waals surface area contributed by atoms with E-state index in [4.69, 9.17) is 10.5 Å². The monoisotopic (exact) mass is 533 g/mol. The Morgan fingerprint density at radius 2 is 1.55 bits per heavy atom.